The number of aliphatic carboxylic acids is 1. The summed E-state index contributed by atoms with van der Waals surface area (Å²) in [6, 6.07) is 16.5. The van der Waals surface area contributed by atoms with Crippen molar-refractivity contribution in [3.05, 3.63) is 59.7 Å². The first kappa shape index (κ1) is 16.4. The van der Waals surface area contributed by atoms with E-state index in [1.807, 2.05) is 36.0 Å². The highest BCUT2D eigenvalue weighted by molar-refractivity contribution is 7.99. The zero-order valence-corrected chi connectivity index (χ0v) is 13.5. The van der Waals surface area contributed by atoms with E-state index >= 15 is 0 Å². The molecule has 4 heteroatoms. The van der Waals surface area contributed by atoms with Crippen LogP contribution < -0.4 is 5.32 Å². The van der Waals surface area contributed by atoms with Crippen LogP contribution in [0.1, 0.15) is 24.5 Å². The zero-order valence-electron chi connectivity index (χ0n) is 12.7. The van der Waals surface area contributed by atoms with Crippen molar-refractivity contribution in [3.8, 4) is 0 Å². The molecule has 2 aromatic rings. The van der Waals surface area contributed by atoms with Gasteiger partial charge in [-0.05, 0) is 47.6 Å². The number of benzene rings is 2. The Kier molecular flexibility index (Phi) is 6.34. The van der Waals surface area contributed by atoms with Crippen LogP contribution in [-0.4, -0.2) is 16.8 Å². The summed E-state index contributed by atoms with van der Waals surface area (Å²) in [7, 11) is 0. The first-order valence-electron chi connectivity index (χ1n) is 7.43. The Bertz CT molecular complexity index is 628. The minimum absolute atomic E-state index is 0.166. The van der Waals surface area contributed by atoms with Crippen molar-refractivity contribution in [1.29, 1.82) is 0 Å². The van der Waals surface area contributed by atoms with Gasteiger partial charge in [0.2, 0.25) is 0 Å². The average Bonchev–Trinajstić information content (AvgIpc) is 2.52. The number of aryl methyl sites for hydroxylation is 1. The summed E-state index contributed by atoms with van der Waals surface area (Å²) in [6.07, 6.45) is 0.729. The molecular formula is C18H21NO2S. The highest BCUT2D eigenvalue weighted by Gasteiger charge is 2.01. The van der Waals surface area contributed by atoms with Gasteiger partial charge < -0.3 is 10.4 Å². The topological polar surface area (TPSA) is 49.3 Å². The summed E-state index contributed by atoms with van der Waals surface area (Å²) in [5.41, 5.74) is 3.31. The molecular weight excluding hydrogens is 294 g/mol. The standard InChI is InChI=1S/C18H21NO2S/c1-2-22-17-8-4-6-15(12-17)13-19-16-7-3-5-14(11-16)9-10-18(20)21/h3-8,11-12,19H,2,9-10,13H2,1H3,(H,20,21). The van der Waals surface area contributed by atoms with E-state index in [0.717, 1.165) is 23.5 Å². The maximum Gasteiger partial charge on any atom is 0.303 e. The van der Waals surface area contributed by atoms with Crippen molar-refractivity contribution < 1.29 is 9.90 Å². The molecule has 0 radical (unpaired) electrons. The van der Waals surface area contributed by atoms with Gasteiger partial charge in [-0.15, -0.1) is 11.8 Å². The van der Waals surface area contributed by atoms with E-state index in [9.17, 15) is 4.79 Å². The highest BCUT2D eigenvalue weighted by Crippen LogP contribution is 2.19. The average molecular weight is 315 g/mol. The van der Waals surface area contributed by atoms with Gasteiger partial charge >= 0.3 is 5.97 Å². The van der Waals surface area contributed by atoms with E-state index < -0.39 is 5.97 Å². The second-order valence-corrected chi connectivity index (χ2v) is 6.37. The number of hydrogen-bond donors (Lipinski definition) is 2. The molecule has 0 aromatic heterocycles. The Balaban J connectivity index is 1.94. The molecule has 0 aliphatic heterocycles. The summed E-state index contributed by atoms with van der Waals surface area (Å²) in [4.78, 5) is 11.9. The molecule has 0 aliphatic carbocycles. The Labute approximate surface area is 135 Å². The van der Waals surface area contributed by atoms with Gasteiger partial charge in [-0.3, -0.25) is 4.79 Å². The third-order valence-corrected chi connectivity index (χ3v) is 4.14. The van der Waals surface area contributed by atoms with E-state index in [2.05, 4.69) is 36.5 Å². The lowest BCUT2D eigenvalue weighted by atomic mass is 10.1. The number of hydrogen-bond acceptors (Lipinski definition) is 3. The van der Waals surface area contributed by atoms with Crippen LogP contribution in [0, 0.1) is 0 Å². The predicted octanol–water partition coefficient (Wildman–Crippen LogP) is 4.43. The molecule has 2 N–H and O–H groups in total. The van der Waals surface area contributed by atoms with Crippen LogP contribution in [0.15, 0.2) is 53.4 Å². The highest BCUT2D eigenvalue weighted by atomic mass is 32.2. The molecule has 0 amide bonds. The predicted molar refractivity (Wildman–Crippen MR) is 92.6 cm³/mol. The van der Waals surface area contributed by atoms with Gasteiger partial charge in [-0.2, -0.15) is 0 Å². The molecule has 0 unspecified atom stereocenters. The second-order valence-electron chi connectivity index (χ2n) is 5.03. The van der Waals surface area contributed by atoms with Crippen LogP contribution >= 0.6 is 11.8 Å². The fourth-order valence-corrected chi connectivity index (χ4v) is 2.95. The lowest BCUT2D eigenvalue weighted by Crippen LogP contribution is -2.01. The Morgan fingerprint density at radius 2 is 1.91 bits per heavy atom. The molecule has 0 bridgehead atoms. The Morgan fingerprint density at radius 3 is 2.68 bits per heavy atom. The maximum absolute atomic E-state index is 10.6. The third kappa shape index (κ3) is 5.45. The molecule has 0 heterocycles. The van der Waals surface area contributed by atoms with E-state index in [0.29, 0.717) is 6.42 Å². The molecule has 116 valence electrons. The van der Waals surface area contributed by atoms with Gasteiger partial charge in [0.05, 0.1) is 0 Å². The van der Waals surface area contributed by atoms with Crippen molar-refractivity contribution in [2.45, 2.75) is 31.2 Å². The van der Waals surface area contributed by atoms with Gasteiger partial charge in [0.1, 0.15) is 0 Å². The van der Waals surface area contributed by atoms with Crippen molar-refractivity contribution in [2.24, 2.45) is 0 Å². The molecule has 0 aliphatic rings. The van der Waals surface area contributed by atoms with Crippen LogP contribution in [0.3, 0.4) is 0 Å². The lowest BCUT2D eigenvalue weighted by Gasteiger charge is -2.09. The summed E-state index contributed by atoms with van der Waals surface area (Å²) < 4.78 is 0. The van der Waals surface area contributed by atoms with Gasteiger partial charge in [0.15, 0.2) is 0 Å². The van der Waals surface area contributed by atoms with Crippen molar-refractivity contribution in [1.82, 2.24) is 0 Å². The first-order valence-corrected chi connectivity index (χ1v) is 8.42. The van der Waals surface area contributed by atoms with Crippen LogP contribution in [0.25, 0.3) is 0 Å². The number of thioether (sulfide) groups is 1. The second kappa shape index (κ2) is 8.49. The number of anilines is 1. The van der Waals surface area contributed by atoms with Crippen molar-refractivity contribution in [3.63, 3.8) is 0 Å². The van der Waals surface area contributed by atoms with Crippen LogP contribution in [0.2, 0.25) is 0 Å². The number of carboxylic acid groups (broad SMARTS) is 1. The zero-order chi connectivity index (χ0) is 15.8. The molecule has 2 aromatic carbocycles. The molecule has 0 saturated heterocycles. The van der Waals surface area contributed by atoms with Gasteiger partial charge in [0.25, 0.3) is 0 Å². The SMILES string of the molecule is CCSc1cccc(CNc2cccc(CCC(=O)O)c2)c1. The fourth-order valence-electron chi connectivity index (χ4n) is 2.20. The number of carbonyl (C=O) groups is 1. The summed E-state index contributed by atoms with van der Waals surface area (Å²) >= 11 is 1.84. The molecule has 0 atom stereocenters. The van der Waals surface area contributed by atoms with Crippen LogP contribution in [-0.2, 0) is 17.8 Å². The smallest absolute Gasteiger partial charge is 0.303 e. The minimum atomic E-state index is -0.761. The van der Waals surface area contributed by atoms with E-state index in [1.165, 1.54) is 10.5 Å². The Morgan fingerprint density at radius 1 is 1.14 bits per heavy atom. The lowest BCUT2D eigenvalue weighted by molar-refractivity contribution is -0.136. The quantitative estimate of drug-likeness (QED) is 0.708. The van der Waals surface area contributed by atoms with E-state index in [4.69, 9.17) is 5.11 Å². The van der Waals surface area contributed by atoms with Crippen molar-refractivity contribution >= 4 is 23.4 Å². The number of rotatable bonds is 8. The number of carboxylic acids is 1. The molecule has 22 heavy (non-hydrogen) atoms. The van der Waals surface area contributed by atoms with E-state index in [-0.39, 0.29) is 6.42 Å². The molecule has 3 nitrogen and oxygen atoms in total. The van der Waals surface area contributed by atoms with Gasteiger partial charge in [-0.1, -0.05) is 31.2 Å². The normalized spacial score (nSPS) is 10.4. The van der Waals surface area contributed by atoms with E-state index in [1.54, 1.807) is 0 Å². The minimum Gasteiger partial charge on any atom is -0.481 e. The first-order chi connectivity index (χ1) is 10.7. The van der Waals surface area contributed by atoms with Crippen LogP contribution in [0.5, 0.6) is 0 Å². The van der Waals surface area contributed by atoms with Gasteiger partial charge in [-0.25, -0.2) is 0 Å². The maximum atomic E-state index is 10.6. The molecule has 0 fully saturated rings. The van der Waals surface area contributed by atoms with Gasteiger partial charge in [0, 0.05) is 23.5 Å². The van der Waals surface area contributed by atoms with Crippen molar-refractivity contribution in [2.75, 3.05) is 11.1 Å². The molecule has 0 spiro atoms. The van der Waals surface area contributed by atoms with Crippen LogP contribution in [0.4, 0.5) is 5.69 Å². The fraction of sp³-hybridized carbons (Fsp3) is 0.278. The summed E-state index contributed by atoms with van der Waals surface area (Å²) in [5.74, 6) is 0.311. The Hall–Kier alpha value is -1.94. The number of nitrogens with one attached hydrogen (secondary N) is 1. The third-order valence-electron chi connectivity index (χ3n) is 3.26. The molecule has 2 rings (SSSR count). The largest absolute Gasteiger partial charge is 0.481 e. The molecule has 0 saturated carbocycles. The summed E-state index contributed by atoms with van der Waals surface area (Å²) in [5, 5.41) is 12.1. The summed E-state index contributed by atoms with van der Waals surface area (Å²) in [6.45, 7) is 2.92. The monoisotopic (exact) mass is 315 g/mol.